The van der Waals surface area contributed by atoms with Gasteiger partial charge in [-0.05, 0) is 30.3 Å². The van der Waals surface area contributed by atoms with Crippen LogP contribution in [0.25, 0.3) is 0 Å². The predicted molar refractivity (Wildman–Crippen MR) is 103 cm³/mol. The molecule has 1 aliphatic rings. The molecule has 1 saturated heterocycles. The topological polar surface area (TPSA) is 101 Å². The second kappa shape index (κ2) is 7.94. The van der Waals surface area contributed by atoms with Crippen molar-refractivity contribution >= 4 is 63.8 Å². The second-order valence-corrected chi connectivity index (χ2v) is 7.24. The van der Waals surface area contributed by atoms with Gasteiger partial charge in [0.1, 0.15) is 11.0 Å². The molecule has 2 amide bonds. The summed E-state index contributed by atoms with van der Waals surface area (Å²) in [7, 11) is 0. The Morgan fingerprint density at radius 3 is 2.88 bits per heavy atom. The van der Waals surface area contributed by atoms with Crippen LogP contribution < -0.4 is 10.6 Å². The summed E-state index contributed by atoms with van der Waals surface area (Å²) < 4.78 is 5.07. The maximum Gasteiger partial charge on any atom is 0.247 e. The monoisotopic (exact) mass is 410 g/mol. The third-order valence-corrected chi connectivity index (χ3v) is 4.93. The number of thioether (sulfide) groups is 1. The molecule has 0 saturated carbocycles. The van der Waals surface area contributed by atoms with Gasteiger partial charge < -0.3 is 10.2 Å². The van der Waals surface area contributed by atoms with Crippen LogP contribution in [0.1, 0.15) is 12.2 Å². The van der Waals surface area contributed by atoms with E-state index in [1.165, 1.54) is 24.6 Å². The molecule has 0 radical (unpaired) electrons. The molecule has 26 heavy (non-hydrogen) atoms. The quantitative estimate of drug-likeness (QED) is 0.360. The number of imide groups is 1. The highest BCUT2D eigenvalue weighted by atomic mass is 35.5. The molecule has 10 heteroatoms. The average molecular weight is 411 g/mol. The van der Waals surface area contributed by atoms with Crippen molar-refractivity contribution < 1.29 is 14.0 Å². The molecular formula is C16H12Cl2N4O3S. The fraction of sp³-hybridized carbons (Fsp3) is 0.125. The SMILES string of the molecule is N/C(=N\N=C\c1ccco1)SC1CC(=O)N(c2cc(Cl)ccc2Cl)C1=O. The Morgan fingerprint density at radius 2 is 2.15 bits per heavy atom. The van der Waals surface area contributed by atoms with Crippen LogP contribution in [-0.4, -0.2) is 28.4 Å². The number of rotatable bonds is 4. The summed E-state index contributed by atoms with van der Waals surface area (Å²) in [5.74, 6) is -0.304. The zero-order valence-electron chi connectivity index (χ0n) is 13.1. The van der Waals surface area contributed by atoms with E-state index >= 15 is 0 Å². The summed E-state index contributed by atoms with van der Waals surface area (Å²) in [4.78, 5) is 25.9. The highest BCUT2D eigenvalue weighted by Crippen LogP contribution is 2.35. The number of anilines is 1. The largest absolute Gasteiger partial charge is 0.463 e. The van der Waals surface area contributed by atoms with E-state index in [1.807, 2.05) is 0 Å². The van der Waals surface area contributed by atoms with E-state index in [4.69, 9.17) is 33.4 Å². The number of furan rings is 1. The van der Waals surface area contributed by atoms with Gasteiger partial charge in [0, 0.05) is 11.4 Å². The van der Waals surface area contributed by atoms with Gasteiger partial charge in [-0.2, -0.15) is 5.10 Å². The minimum Gasteiger partial charge on any atom is -0.463 e. The molecule has 2 aromatic rings. The standard InChI is InChI=1S/C16H12Cl2N4O3S/c17-9-3-4-11(18)12(6-9)22-14(23)7-13(15(22)24)26-16(19)21-20-8-10-2-1-5-25-10/h1-6,8,13H,7H2,(H2,19,21)/b20-8+. The van der Waals surface area contributed by atoms with Gasteiger partial charge in [-0.1, -0.05) is 35.0 Å². The lowest BCUT2D eigenvalue weighted by molar-refractivity contribution is -0.121. The van der Waals surface area contributed by atoms with Crippen molar-refractivity contribution in [2.24, 2.45) is 15.9 Å². The summed E-state index contributed by atoms with van der Waals surface area (Å²) in [6.07, 6.45) is 2.86. The lowest BCUT2D eigenvalue weighted by Gasteiger charge is -2.16. The Hall–Kier alpha value is -2.29. The van der Waals surface area contributed by atoms with Gasteiger partial charge in [-0.25, -0.2) is 4.90 Å². The predicted octanol–water partition coefficient (Wildman–Crippen LogP) is 3.30. The van der Waals surface area contributed by atoms with Crippen molar-refractivity contribution in [2.45, 2.75) is 11.7 Å². The Morgan fingerprint density at radius 1 is 1.35 bits per heavy atom. The molecule has 7 nitrogen and oxygen atoms in total. The number of amides is 2. The number of hydrogen-bond donors (Lipinski definition) is 1. The number of hydrogen-bond acceptors (Lipinski definition) is 6. The zero-order valence-corrected chi connectivity index (χ0v) is 15.5. The first-order valence-electron chi connectivity index (χ1n) is 7.34. The van der Waals surface area contributed by atoms with Crippen LogP contribution >= 0.6 is 35.0 Å². The van der Waals surface area contributed by atoms with Gasteiger partial charge in [0.2, 0.25) is 11.8 Å². The number of nitrogens with two attached hydrogens (primary N) is 1. The number of halogens is 2. The van der Waals surface area contributed by atoms with E-state index in [-0.39, 0.29) is 28.2 Å². The normalized spacial score (nSPS) is 18.3. The molecule has 2 N–H and O–H groups in total. The molecule has 1 aromatic heterocycles. The van der Waals surface area contributed by atoms with E-state index in [9.17, 15) is 9.59 Å². The minimum atomic E-state index is -0.708. The lowest BCUT2D eigenvalue weighted by Crippen LogP contribution is -2.32. The molecule has 2 heterocycles. The molecule has 1 aromatic carbocycles. The van der Waals surface area contributed by atoms with Crippen LogP contribution in [0.15, 0.2) is 51.2 Å². The summed E-state index contributed by atoms with van der Waals surface area (Å²) in [5.41, 5.74) is 6.03. The number of amidine groups is 1. The van der Waals surface area contributed by atoms with Crippen molar-refractivity contribution in [2.75, 3.05) is 4.90 Å². The maximum absolute atomic E-state index is 12.6. The van der Waals surface area contributed by atoms with E-state index in [2.05, 4.69) is 10.2 Å². The summed E-state index contributed by atoms with van der Waals surface area (Å²) >= 11 is 13.0. The Labute approximate surface area is 162 Å². The van der Waals surface area contributed by atoms with Crippen LogP contribution in [0.3, 0.4) is 0 Å². The smallest absolute Gasteiger partial charge is 0.247 e. The first-order valence-corrected chi connectivity index (χ1v) is 8.98. The molecule has 1 unspecified atom stereocenters. The second-order valence-electron chi connectivity index (χ2n) is 5.17. The third-order valence-electron chi connectivity index (χ3n) is 3.40. The van der Waals surface area contributed by atoms with Crippen LogP contribution in [-0.2, 0) is 9.59 Å². The number of carbonyl (C=O) groups excluding carboxylic acids is 2. The molecule has 0 spiro atoms. The van der Waals surface area contributed by atoms with Crippen molar-refractivity contribution in [3.05, 3.63) is 52.4 Å². The van der Waals surface area contributed by atoms with E-state index < -0.39 is 11.2 Å². The van der Waals surface area contributed by atoms with Gasteiger partial charge in [0.05, 0.1) is 23.2 Å². The van der Waals surface area contributed by atoms with Gasteiger partial charge in [-0.3, -0.25) is 9.59 Å². The third kappa shape index (κ3) is 4.09. The fourth-order valence-corrected chi connectivity index (χ4v) is 3.47. The number of carbonyl (C=O) groups is 2. The molecule has 1 fully saturated rings. The molecule has 1 atom stereocenters. The minimum absolute atomic E-state index is 0.0234. The average Bonchev–Trinajstić information content (AvgIpc) is 3.19. The van der Waals surface area contributed by atoms with Crippen LogP contribution in [0.2, 0.25) is 10.0 Å². The summed E-state index contributed by atoms with van der Waals surface area (Å²) in [5, 5.41) is 7.54. The van der Waals surface area contributed by atoms with Crippen LogP contribution in [0, 0.1) is 0 Å². The first-order chi connectivity index (χ1) is 12.5. The Kier molecular flexibility index (Phi) is 5.65. The lowest BCUT2D eigenvalue weighted by atomic mass is 10.3. The molecule has 1 aliphatic heterocycles. The molecule has 134 valence electrons. The molecule has 0 aliphatic carbocycles. The molecule has 3 rings (SSSR count). The van der Waals surface area contributed by atoms with Gasteiger partial charge in [-0.15, -0.1) is 5.10 Å². The van der Waals surface area contributed by atoms with Crippen molar-refractivity contribution in [3.63, 3.8) is 0 Å². The highest BCUT2D eigenvalue weighted by molar-refractivity contribution is 8.14. The zero-order chi connectivity index (χ0) is 18.7. The Balaban J connectivity index is 1.71. The van der Waals surface area contributed by atoms with E-state index in [1.54, 1.807) is 18.2 Å². The van der Waals surface area contributed by atoms with Gasteiger partial charge in [0.15, 0.2) is 5.17 Å². The Bertz CT molecular complexity index is 899. The van der Waals surface area contributed by atoms with Crippen LogP contribution in [0.4, 0.5) is 5.69 Å². The number of benzene rings is 1. The summed E-state index contributed by atoms with van der Waals surface area (Å²) in [6, 6.07) is 7.99. The highest BCUT2D eigenvalue weighted by Gasteiger charge is 2.41. The van der Waals surface area contributed by atoms with Crippen molar-refractivity contribution in [1.29, 1.82) is 0 Å². The first kappa shape index (κ1) is 18.5. The summed E-state index contributed by atoms with van der Waals surface area (Å²) in [6.45, 7) is 0. The maximum atomic E-state index is 12.6. The number of nitrogens with zero attached hydrogens (tertiary/aromatic N) is 3. The van der Waals surface area contributed by atoms with Gasteiger partial charge >= 0.3 is 0 Å². The van der Waals surface area contributed by atoms with Gasteiger partial charge in [0.25, 0.3) is 0 Å². The molecule has 0 bridgehead atoms. The van der Waals surface area contributed by atoms with Crippen molar-refractivity contribution in [1.82, 2.24) is 0 Å². The van der Waals surface area contributed by atoms with Crippen LogP contribution in [0.5, 0.6) is 0 Å². The molecular weight excluding hydrogens is 399 g/mol. The van der Waals surface area contributed by atoms with E-state index in [0.717, 1.165) is 16.7 Å². The van der Waals surface area contributed by atoms with Crippen molar-refractivity contribution in [3.8, 4) is 0 Å². The van der Waals surface area contributed by atoms with E-state index in [0.29, 0.717) is 10.8 Å². The fourth-order valence-electron chi connectivity index (χ4n) is 2.28.